The Labute approximate surface area is 140 Å². The maximum Gasteiger partial charge on any atom is 0.203 e. The van der Waals surface area contributed by atoms with E-state index in [-0.39, 0.29) is 22.2 Å². The fourth-order valence-corrected chi connectivity index (χ4v) is 2.67. The standard InChI is InChI=1S/C21H20O3/c1-13-5-10-16-18(11-13)24-12-17(20(16)23)19(22)14-6-8-15(9-7-14)21(2,3)4/h5-12H,1-4H3. The Morgan fingerprint density at radius 1 is 1.00 bits per heavy atom. The number of hydrogen-bond donors (Lipinski definition) is 0. The van der Waals surface area contributed by atoms with E-state index in [9.17, 15) is 9.59 Å². The van der Waals surface area contributed by atoms with Gasteiger partial charge >= 0.3 is 0 Å². The first-order valence-corrected chi connectivity index (χ1v) is 7.95. The molecule has 0 saturated carbocycles. The van der Waals surface area contributed by atoms with Gasteiger partial charge in [-0.25, -0.2) is 0 Å². The van der Waals surface area contributed by atoms with Gasteiger partial charge < -0.3 is 4.42 Å². The van der Waals surface area contributed by atoms with Crippen LogP contribution in [-0.4, -0.2) is 5.78 Å². The van der Waals surface area contributed by atoms with Crippen LogP contribution in [0.3, 0.4) is 0 Å². The molecule has 0 spiro atoms. The summed E-state index contributed by atoms with van der Waals surface area (Å²) in [6, 6.07) is 12.7. The van der Waals surface area contributed by atoms with E-state index in [0.29, 0.717) is 16.5 Å². The molecule has 3 aromatic rings. The maximum absolute atomic E-state index is 12.7. The highest BCUT2D eigenvalue weighted by molar-refractivity contribution is 6.09. The molecule has 24 heavy (non-hydrogen) atoms. The fraction of sp³-hybridized carbons (Fsp3) is 0.238. The molecule has 0 aliphatic rings. The van der Waals surface area contributed by atoms with Gasteiger partial charge in [0.15, 0.2) is 5.78 Å². The second-order valence-electron chi connectivity index (χ2n) is 7.13. The summed E-state index contributed by atoms with van der Waals surface area (Å²) in [6.45, 7) is 8.27. The molecule has 3 rings (SSSR count). The lowest BCUT2D eigenvalue weighted by atomic mass is 9.86. The SMILES string of the molecule is Cc1ccc2c(=O)c(C(=O)c3ccc(C(C)(C)C)cc3)coc2c1. The van der Waals surface area contributed by atoms with Gasteiger partial charge in [0.25, 0.3) is 0 Å². The number of aryl methyl sites for hydroxylation is 1. The molecule has 3 nitrogen and oxygen atoms in total. The van der Waals surface area contributed by atoms with Gasteiger partial charge in [0, 0.05) is 5.56 Å². The summed E-state index contributed by atoms with van der Waals surface area (Å²) in [7, 11) is 0. The van der Waals surface area contributed by atoms with Gasteiger partial charge in [-0.2, -0.15) is 0 Å². The second kappa shape index (κ2) is 5.75. The van der Waals surface area contributed by atoms with E-state index < -0.39 is 0 Å². The highest BCUT2D eigenvalue weighted by Gasteiger charge is 2.18. The maximum atomic E-state index is 12.7. The van der Waals surface area contributed by atoms with Crippen LogP contribution < -0.4 is 5.43 Å². The van der Waals surface area contributed by atoms with E-state index >= 15 is 0 Å². The Balaban J connectivity index is 2.04. The Morgan fingerprint density at radius 2 is 1.67 bits per heavy atom. The van der Waals surface area contributed by atoms with E-state index in [1.165, 1.54) is 6.26 Å². The fourth-order valence-electron chi connectivity index (χ4n) is 2.67. The van der Waals surface area contributed by atoms with Crippen molar-refractivity contribution in [3.05, 3.63) is 81.2 Å². The molecule has 3 heteroatoms. The van der Waals surface area contributed by atoms with Crippen LogP contribution in [0, 0.1) is 6.92 Å². The van der Waals surface area contributed by atoms with Crippen molar-refractivity contribution in [2.45, 2.75) is 33.1 Å². The molecule has 0 atom stereocenters. The zero-order chi connectivity index (χ0) is 17.5. The van der Waals surface area contributed by atoms with Gasteiger partial charge in [-0.1, -0.05) is 51.1 Å². The van der Waals surface area contributed by atoms with Gasteiger partial charge in [-0.3, -0.25) is 9.59 Å². The zero-order valence-electron chi connectivity index (χ0n) is 14.3. The van der Waals surface area contributed by atoms with Crippen LogP contribution in [0.25, 0.3) is 11.0 Å². The predicted octanol–water partition coefficient (Wildman–Crippen LogP) is 4.63. The molecule has 0 radical (unpaired) electrons. The third-order valence-corrected chi connectivity index (χ3v) is 4.19. The van der Waals surface area contributed by atoms with Crippen molar-refractivity contribution in [3.63, 3.8) is 0 Å². The van der Waals surface area contributed by atoms with Crippen molar-refractivity contribution in [1.82, 2.24) is 0 Å². The number of ketones is 1. The highest BCUT2D eigenvalue weighted by atomic mass is 16.3. The molecule has 1 heterocycles. The zero-order valence-corrected chi connectivity index (χ0v) is 14.3. The third kappa shape index (κ3) is 2.90. The first-order valence-electron chi connectivity index (χ1n) is 7.95. The van der Waals surface area contributed by atoms with Crippen LogP contribution >= 0.6 is 0 Å². The summed E-state index contributed by atoms with van der Waals surface area (Å²) < 4.78 is 5.50. The minimum Gasteiger partial charge on any atom is -0.463 e. The molecular formula is C21H20O3. The quantitative estimate of drug-likeness (QED) is 0.647. The van der Waals surface area contributed by atoms with Gasteiger partial charge in [-0.05, 0) is 35.6 Å². The Hall–Kier alpha value is -2.68. The van der Waals surface area contributed by atoms with Gasteiger partial charge in [-0.15, -0.1) is 0 Å². The molecule has 0 aliphatic carbocycles. The summed E-state index contributed by atoms with van der Waals surface area (Å²) in [5.41, 5.74) is 2.92. The van der Waals surface area contributed by atoms with E-state index in [2.05, 4.69) is 20.8 Å². The lowest BCUT2D eigenvalue weighted by Crippen LogP contribution is -2.16. The number of carbonyl (C=O) groups is 1. The molecule has 0 amide bonds. The Bertz CT molecular complexity index is 971. The minimum atomic E-state index is -0.313. The lowest BCUT2D eigenvalue weighted by Gasteiger charge is -2.18. The topological polar surface area (TPSA) is 47.3 Å². The van der Waals surface area contributed by atoms with Crippen molar-refractivity contribution in [1.29, 1.82) is 0 Å². The molecule has 0 aliphatic heterocycles. The average Bonchev–Trinajstić information content (AvgIpc) is 2.54. The first kappa shape index (κ1) is 16.2. The number of benzene rings is 2. The van der Waals surface area contributed by atoms with Crippen LogP contribution in [0.2, 0.25) is 0 Å². The predicted molar refractivity (Wildman–Crippen MR) is 95.8 cm³/mol. The van der Waals surface area contributed by atoms with Crippen LogP contribution in [0.15, 0.2) is 57.9 Å². The Morgan fingerprint density at radius 3 is 2.29 bits per heavy atom. The van der Waals surface area contributed by atoms with Gasteiger partial charge in [0.2, 0.25) is 5.43 Å². The lowest BCUT2D eigenvalue weighted by molar-refractivity contribution is 0.103. The normalized spacial score (nSPS) is 11.7. The average molecular weight is 320 g/mol. The highest BCUT2D eigenvalue weighted by Crippen LogP contribution is 2.23. The molecule has 0 saturated heterocycles. The third-order valence-electron chi connectivity index (χ3n) is 4.19. The van der Waals surface area contributed by atoms with Gasteiger partial charge in [0.05, 0.1) is 5.39 Å². The van der Waals surface area contributed by atoms with Crippen LogP contribution in [-0.2, 0) is 5.41 Å². The molecular weight excluding hydrogens is 300 g/mol. The smallest absolute Gasteiger partial charge is 0.203 e. The van der Waals surface area contributed by atoms with Crippen LogP contribution in [0.5, 0.6) is 0 Å². The van der Waals surface area contributed by atoms with Crippen molar-refractivity contribution >= 4 is 16.8 Å². The van der Waals surface area contributed by atoms with E-state index in [4.69, 9.17) is 4.42 Å². The molecule has 122 valence electrons. The molecule has 0 N–H and O–H groups in total. The molecule has 0 fully saturated rings. The molecule has 0 bridgehead atoms. The van der Waals surface area contributed by atoms with E-state index in [0.717, 1.165) is 11.1 Å². The van der Waals surface area contributed by atoms with E-state index in [1.807, 2.05) is 25.1 Å². The van der Waals surface area contributed by atoms with Crippen LogP contribution in [0.1, 0.15) is 47.8 Å². The van der Waals surface area contributed by atoms with Crippen molar-refractivity contribution in [2.24, 2.45) is 0 Å². The van der Waals surface area contributed by atoms with Crippen molar-refractivity contribution < 1.29 is 9.21 Å². The molecule has 2 aromatic carbocycles. The molecule has 1 aromatic heterocycles. The van der Waals surface area contributed by atoms with Crippen LogP contribution in [0.4, 0.5) is 0 Å². The summed E-state index contributed by atoms with van der Waals surface area (Å²) in [6.07, 6.45) is 1.27. The number of rotatable bonds is 2. The Kier molecular flexibility index (Phi) is 3.88. The molecule has 0 unspecified atom stereocenters. The monoisotopic (exact) mass is 320 g/mol. The minimum absolute atomic E-state index is 0.0153. The first-order chi connectivity index (χ1) is 11.3. The summed E-state index contributed by atoms with van der Waals surface area (Å²) in [4.78, 5) is 25.3. The second-order valence-corrected chi connectivity index (χ2v) is 7.13. The number of hydrogen-bond acceptors (Lipinski definition) is 3. The number of carbonyl (C=O) groups excluding carboxylic acids is 1. The number of fused-ring (bicyclic) bond motifs is 1. The van der Waals surface area contributed by atoms with Crippen molar-refractivity contribution in [2.75, 3.05) is 0 Å². The van der Waals surface area contributed by atoms with E-state index in [1.54, 1.807) is 24.3 Å². The summed E-state index contributed by atoms with van der Waals surface area (Å²) in [5.74, 6) is -0.313. The summed E-state index contributed by atoms with van der Waals surface area (Å²) >= 11 is 0. The van der Waals surface area contributed by atoms with Gasteiger partial charge in [0.1, 0.15) is 17.4 Å². The van der Waals surface area contributed by atoms with Crippen molar-refractivity contribution in [3.8, 4) is 0 Å². The summed E-state index contributed by atoms with van der Waals surface area (Å²) in [5, 5.41) is 0.428. The largest absolute Gasteiger partial charge is 0.463 e.